The molecule has 1 aromatic heterocycles. The normalized spacial score (nSPS) is 21.1. The van der Waals surface area contributed by atoms with Crippen molar-refractivity contribution in [2.45, 2.75) is 5.41 Å². The smallest absolute Gasteiger partial charge is 0.171 e. The summed E-state index contributed by atoms with van der Waals surface area (Å²) < 4.78 is 15.2. The first kappa shape index (κ1) is 21.5. The maximum Gasteiger partial charge on any atom is 0.171 e. The van der Waals surface area contributed by atoms with E-state index in [0.717, 1.165) is 49.4 Å². The SMILES string of the molecule is O=P1(c2ccccc2)c2ccccc2C2(c3ccc[c-]c3-c3ncccc32)c2ccccc21.[Pt]. The van der Waals surface area contributed by atoms with Crippen LogP contribution in [-0.2, 0) is 31.0 Å². The van der Waals surface area contributed by atoms with Crippen molar-refractivity contribution in [2.75, 3.05) is 0 Å². The molecule has 0 unspecified atom stereocenters. The topological polar surface area (TPSA) is 30.0 Å². The Balaban J connectivity index is 0.00000217. The summed E-state index contributed by atoms with van der Waals surface area (Å²) in [6.07, 6.45) is 1.85. The fourth-order valence-corrected chi connectivity index (χ4v) is 9.06. The van der Waals surface area contributed by atoms with Crippen LogP contribution in [-0.4, -0.2) is 4.98 Å². The van der Waals surface area contributed by atoms with Crippen molar-refractivity contribution in [3.8, 4) is 11.3 Å². The fourth-order valence-electron chi connectivity index (χ4n) is 5.90. The quantitative estimate of drug-likeness (QED) is 0.184. The standard InChI is InChI=1S/C30H19NOP.Pt/c32-33(21-11-2-1-3-12-21)27-18-8-6-15-24(27)30(25-16-7-9-19-28(25)33)23-14-5-4-13-22(23)29-26(30)17-10-20-31-29;/h1-12,14-20H;/q-1;. The summed E-state index contributed by atoms with van der Waals surface area (Å²) in [4.78, 5) is 4.79. The summed E-state index contributed by atoms with van der Waals surface area (Å²) in [7, 11) is -3.08. The van der Waals surface area contributed by atoms with Crippen molar-refractivity contribution < 1.29 is 25.6 Å². The summed E-state index contributed by atoms with van der Waals surface area (Å²) in [5, 5.41) is 2.67. The minimum atomic E-state index is -3.08. The Morgan fingerprint density at radius 2 is 1.24 bits per heavy atom. The number of hydrogen-bond donors (Lipinski definition) is 0. The molecule has 2 nitrogen and oxygen atoms in total. The van der Waals surface area contributed by atoms with Gasteiger partial charge >= 0.3 is 0 Å². The third-order valence-corrected chi connectivity index (χ3v) is 10.3. The number of benzene rings is 4. The summed E-state index contributed by atoms with van der Waals surface area (Å²) in [6.45, 7) is 0. The number of pyridine rings is 1. The van der Waals surface area contributed by atoms with E-state index in [-0.39, 0.29) is 21.1 Å². The van der Waals surface area contributed by atoms with Gasteiger partial charge in [-0.05, 0) is 22.9 Å². The summed E-state index contributed by atoms with van der Waals surface area (Å²) in [6, 6.07) is 40.3. The van der Waals surface area contributed by atoms with Gasteiger partial charge in [-0.3, -0.25) is 0 Å². The zero-order valence-corrected chi connectivity index (χ0v) is 21.3. The van der Waals surface area contributed by atoms with Gasteiger partial charge in [-0.15, -0.1) is 35.4 Å². The van der Waals surface area contributed by atoms with Crippen LogP contribution in [0.1, 0.15) is 22.3 Å². The van der Waals surface area contributed by atoms with Gasteiger partial charge in [0, 0.05) is 48.6 Å². The maximum atomic E-state index is 15.2. The molecule has 0 saturated heterocycles. The molecule has 1 spiro atoms. The molecule has 7 rings (SSSR count). The van der Waals surface area contributed by atoms with Crippen LogP contribution in [0.2, 0.25) is 0 Å². The molecule has 2 heterocycles. The second-order valence-electron chi connectivity index (χ2n) is 8.59. The molecule has 34 heavy (non-hydrogen) atoms. The summed E-state index contributed by atoms with van der Waals surface area (Å²) in [5.41, 5.74) is 5.82. The van der Waals surface area contributed by atoms with Crippen LogP contribution in [0.3, 0.4) is 0 Å². The van der Waals surface area contributed by atoms with Crippen LogP contribution in [0, 0.1) is 6.07 Å². The van der Waals surface area contributed by atoms with Gasteiger partial charge in [-0.25, -0.2) is 0 Å². The van der Waals surface area contributed by atoms with E-state index in [1.54, 1.807) is 0 Å². The molecule has 0 atom stereocenters. The fraction of sp³-hybridized carbons (Fsp3) is 0.0333. The van der Waals surface area contributed by atoms with E-state index in [1.165, 1.54) is 0 Å². The van der Waals surface area contributed by atoms with Crippen molar-refractivity contribution in [2.24, 2.45) is 0 Å². The molecule has 5 aromatic rings. The molecular weight excluding hydrogens is 616 g/mol. The van der Waals surface area contributed by atoms with Crippen molar-refractivity contribution in [3.63, 3.8) is 0 Å². The predicted octanol–water partition coefficient (Wildman–Crippen LogP) is 5.20. The van der Waals surface area contributed by atoms with E-state index < -0.39 is 12.6 Å². The summed E-state index contributed by atoms with van der Waals surface area (Å²) >= 11 is 0. The number of nitrogens with zero attached hydrogens (tertiary/aromatic N) is 1. The van der Waals surface area contributed by atoms with E-state index in [4.69, 9.17) is 4.98 Å². The zero-order chi connectivity index (χ0) is 22.0. The molecule has 0 radical (unpaired) electrons. The van der Waals surface area contributed by atoms with Crippen molar-refractivity contribution in [1.82, 2.24) is 4.98 Å². The van der Waals surface area contributed by atoms with Gasteiger partial charge in [0.25, 0.3) is 0 Å². The third-order valence-electron chi connectivity index (χ3n) is 7.12. The van der Waals surface area contributed by atoms with E-state index in [1.807, 2.05) is 66.9 Å². The average Bonchev–Trinajstić information content (AvgIpc) is 3.19. The van der Waals surface area contributed by atoms with Crippen LogP contribution in [0.5, 0.6) is 0 Å². The monoisotopic (exact) mass is 635 g/mol. The van der Waals surface area contributed by atoms with Gasteiger partial charge in [0.05, 0.1) is 0 Å². The molecule has 1 aliphatic carbocycles. The number of hydrogen-bond acceptors (Lipinski definition) is 2. The van der Waals surface area contributed by atoms with Gasteiger partial charge in [-0.1, -0.05) is 90.5 Å². The van der Waals surface area contributed by atoms with Gasteiger partial charge in [0.1, 0.15) is 0 Å². The number of rotatable bonds is 1. The molecule has 2 aliphatic rings. The molecule has 0 saturated carbocycles. The molecule has 166 valence electrons. The first-order valence-corrected chi connectivity index (χ1v) is 12.8. The van der Waals surface area contributed by atoms with Crippen LogP contribution in [0.15, 0.2) is 115 Å². The molecular formula is C30H19NOPPt-. The predicted molar refractivity (Wildman–Crippen MR) is 133 cm³/mol. The number of aromatic nitrogens is 1. The minimum Gasteiger partial charge on any atom is -0.309 e. The minimum absolute atomic E-state index is 0. The van der Waals surface area contributed by atoms with Gasteiger partial charge in [0.15, 0.2) is 7.14 Å². The molecule has 0 bridgehead atoms. The Kier molecular flexibility index (Phi) is 4.89. The van der Waals surface area contributed by atoms with Crippen molar-refractivity contribution in [3.05, 3.63) is 144 Å². The van der Waals surface area contributed by atoms with E-state index in [2.05, 4.69) is 54.6 Å². The Morgan fingerprint density at radius 1 is 0.647 bits per heavy atom. The van der Waals surface area contributed by atoms with Crippen molar-refractivity contribution in [1.29, 1.82) is 0 Å². The Bertz CT molecular complexity index is 1510. The Hall–Kier alpha value is -3.05. The van der Waals surface area contributed by atoms with Crippen molar-refractivity contribution >= 4 is 23.1 Å². The largest absolute Gasteiger partial charge is 0.309 e. The molecule has 0 N–H and O–H groups in total. The molecule has 4 heteroatoms. The van der Waals surface area contributed by atoms with Gasteiger partial charge < -0.3 is 9.55 Å². The Labute approximate surface area is 213 Å². The zero-order valence-electron chi connectivity index (χ0n) is 18.1. The van der Waals surface area contributed by atoms with Crippen LogP contribution in [0.25, 0.3) is 11.3 Å². The van der Waals surface area contributed by atoms with Crippen LogP contribution < -0.4 is 15.9 Å². The molecule has 0 fully saturated rings. The van der Waals surface area contributed by atoms with Gasteiger partial charge in [-0.2, -0.15) is 0 Å². The molecule has 4 aromatic carbocycles. The second-order valence-corrected chi connectivity index (χ2v) is 11.3. The van der Waals surface area contributed by atoms with Crippen LogP contribution >= 0.6 is 7.14 Å². The van der Waals surface area contributed by atoms with E-state index in [9.17, 15) is 0 Å². The van der Waals surface area contributed by atoms with Crippen LogP contribution in [0.4, 0.5) is 0 Å². The Morgan fingerprint density at radius 3 is 1.94 bits per heavy atom. The second kappa shape index (κ2) is 7.74. The number of fused-ring (bicyclic) bond motifs is 9. The molecule has 0 amide bonds. The first-order chi connectivity index (χ1) is 16.3. The third kappa shape index (κ3) is 2.51. The summed E-state index contributed by atoms with van der Waals surface area (Å²) in [5.74, 6) is 0. The van der Waals surface area contributed by atoms with E-state index in [0.29, 0.717) is 0 Å². The van der Waals surface area contributed by atoms with E-state index >= 15 is 4.57 Å². The average molecular weight is 636 g/mol. The van der Waals surface area contributed by atoms with Gasteiger partial charge in [0.2, 0.25) is 0 Å². The molecule has 1 aliphatic heterocycles. The first-order valence-electron chi connectivity index (χ1n) is 11.1. The maximum absolute atomic E-state index is 15.2.